The van der Waals surface area contributed by atoms with E-state index in [1.807, 2.05) is 0 Å². The second kappa shape index (κ2) is 8.63. The number of carbonyl (C=O) groups is 2. The van der Waals surface area contributed by atoms with Gasteiger partial charge >= 0.3 is 0 Å². The minimum Gasteiger partial charge on any atom is -0.346 e. The quantitative estimate of drug-likeness (QED) is 0.652. The van der Waals surface area contributed by atoms with Crippen LogP contribution >= 0.6 is 0 Å². The monoisotopic (exact) mass is 307 g/mol. The van der Waals surface area contributed by atoms with Crippen molar-refractivity contribution in [1.82, 2.24) is 20.3 Å². The summed E-state index contributed by atoms with van der Waals surface area (Å²) in [5, 5.41) is 10.4. The van der Waals surface area contributed by atoms with Crippen molar-refractivity contribution >= 4 is 11.7 Å². The zero-order valence-electron chi connectivity index (χ0n) is 12.9. The lowest BCUT2D eigenvalue weighted by molar-refractivity contribution is -0.130. The van der Waals surface area contributed by atoms with Crippen LogP contribution in [0.15, 0.2) is 12.4 Å². The van der Waals surface area contributed by atoms with E-state index in [0.29, 0.717) is 13.0 Å². The Labute approximate surface area is 130 Å². The van der Waals surface area contributed by atoms with Crippen molar-refractivity contribution in [3.63, 3.8) is 0 Å². The van der Waals surface area contributed by atoms with Crippen molar-refractivity contribution in [3.8, 4) is 0 Å². The Bertz CT molecular complexity index is 468. The van der Waals surface area contributed by atoms with Crippen molar-refractivity contribution in [2.24, 2.45) is 11.7 Å². The Kier molecular flexibility index (Phi) is 6.51. The van der Waals surface area contributed by atoms with Gasteiger partial charge in [0.2, 0.25) is 5.91 Å². The Morgan fingerprint density at radius 3 is 2.73 bits per heavy atom. The van der Waals surface area contributed by atoms with E-state index in [9.17, 15) is 9.59 Å². The van der Waals surface area contributed by atoms with Crippen LogP contribution in [0.4, 0.5) is 0 Å². The molecule has 1 saturated carbocycles. The Morgan fingerprint density at radius 2 is 2.09 bits per heavy atom. The van der Waals surface area contributed by atoms with E-state index in [0.717, 1.165) is 38.5 Å². The molecule has 1 heterocycles. The van der Waals surface area contributed by atoms with Gasteiger partial charge in [0.15, 0.2) is 5.78 Å². The topological polar surface area (TPSA) is 103 Å². The number of Topliss-reactive ketones (excluding diaryl/α,β-unsaturated/α-hetero) is 1. The summed E-state index contributed by atoms with van der Waals surface area (Å²) in [7, 11) is 0. The molecule has 22 heavy (non-hydrogen) atoms. The van der Waals surface area contributed by atoms with Gasteiger partial charge in [-0.15, -0.1) is 5.10 Å². The first-order valence-corrected chi connectivity index (χ1v) is 8.08. The second-order valence-corrected chi connectivity index (χ2v) is 5.89. The maximum atomic E-state index is 12.4. The summed E-state index contributed by atoms with van der Waals surface area (Å²) in [5.41, 5.74) is 5.51. The molecule has 1 atom stereocenters. The smallest absolute Gasteiger partial charge is 0.223 e. The van der Waals surface area contributed by atoms with Gasteiger partial charge in [-0.05, 0) is 38.6 Å². The van der Waals surface area contributed by atoms with Crippen molar-refractivity contribution < 1.29 is 9.59 Å². The number of ketones is 1. The van der Waals surface area contributed by atoms with Crippen LogP contribution in [0.25, 0.3) is 0 Å². The van der Waals surface area contributed by atoms with Crippen molar-refractivity contribution in [2.75, 3.05) is 6.54 Å². The van der Waals surface area contributed by atoms with E-state index in [1.165, 1.54) is 10.9 Å². The molecule has 0 spiro atoms. The Morgan fingerprint density at radius 1 is 1.32 bits per heavy atom. The SMILES string of the molecule is NCCCC[C@H](NC(=O)C1CCCC1)C(=O)Cn1ccnn1. The summed E-state index contributed by atoms with van der Waals surface area (Å²) < 4.78 is 1.49. The normalized spacial score (nSPS) is 16.6. The molecule has 1 amide bonds. The molecular weight excluding hydrogens is 282 g/mol. The molecule has 0 radical (unpaired) electrons. The minimum absolute atomic E-state index is 0.0159. The molecule has 0 aliphatic heterocycles. The first kappa shape index (κ1) is 16.6. The molecule has 0 saturated heterocycles. The van der Waals surface area contributed by atoms with Crippen LogP contribution < -0.4 is 11.1 Å². The van der Waals surface area contributed by atoms with Gasteiger partial charge in [-0.2, -0.15) is 0 Å². The van der Waals surface area contributed by atoms with Crippen molar-refractivity contribution in [3.05, 3.63) is 12.4 Å². The molecular formula is C15H25N5O2. The average Bonchev–Trinajstić information content (AvgIpc) is 3.19. The second-order valence-electron chi connectivity index (χ2n) is 5.89. The highest BCUT2D eigenvalue weighted by Crippen LogP contribution is 2.25. The molecule has 1 fully saturated rings. The van der Waals surface area contributed by atoms with Gasteiger partial charge in [-0.3, -0.25) is 9.59 Å². The zero-order chi connectivity index (χ0) is 15.8. The zero-order valence-corrected chi connectivity index (χ0v) is 12.9. The number of unbranched alkanes of at least 4 members (excludes halogenated alkanes) is 1. The number of hydrogen-bond acceptors (Lipinski definition) is 5. The van der Waals surface area contributed by atoms with E-state index in [1.54, 1.807) is 6.20 Å². The van der Waals surface area contributed by atoms with Crippen molar-refractivity contribution in [1.29, 1.82) is 0 Å². The highest BCUT2D eigenvalue weighted by atomic mass is 16.2. The number of amides is 1. The van der Waals surface area contributed by atoms with Gasteiger partial charge in [0, 0.05) is 12.1 Å². The van der Waals surface area contributed by atoms with Gasteiger partial charge in [0.05, 0.1) is 12.2 Å². The maximum absolute atomic E-state index is 12.4. The Balaban J connectivity index is 1.91. The highest BCUT2D eigenvalue weighted by Gasteiger charge is 2.27. The lowest BCUT2D eigenvalue weighted by Crippen LogP contribution is -2.44. The predicted octanol–water partition coefficient (Wildman–Crippen LogP) is 0.651. The van der Waals surface area contributed by atoms with Crippen LogP contribution in [0.2, 0.25) is 0 Å². The number of nitrogens with zero attached hydrogens (tertiary/aromatic N) is 3. The standard InChI is InChI=1S/C15H25N5O2/c16-8-4-3-7-13(14(21)11-20-10-9-17-19-20)18-15(22)12-5-1-2-6-12/h9-10,12-13H,1-8,11,16H2,(H,18,22)/t13-/m0/s1. The van der Waals surface area contributed by atoms with E-state index in [-0.39, 0.29) is 24.2 Å². The largest absolute Gasteiger partial charge is 0.346 e. The fourth-order valence-electron chi connectivity index (χ4n) is 2.87. The minimum atomic E-state index is -0.455. The molecule has 1 aliphatic rings. The van der Waals surface area contributed by atoms with Gasteiger partial charge in [0.25, 0.3) is 0 Å². The molecule has 2 rings (SSSR count). The van der Waals surface area contributed by atoms with Gasteiger partial charge in [-0.25, -0.2) is 4.68 Å². The molecule has 1 aromatic rings. The molecule has 1 aliphatic carbocycles. The maximum Gasteiger partial charge on any atom is 0.223 e. The number of carbonyl (C=O) groups excluding carboxylic acids is 2. The summed E-state index contributed by atoms with van der Waals surface area (Å²) in [6, 6.07) is -0.455. The van der Waals surface area contributed by atoms with Gasteiger partial charge in [0.1, 0.15) is 6.54 Å². The first-order valence-electron chi connectivity index (χ1n) is 8.08. The number of rotatable bonds is 9. The number of hydrogen-bond donors (Lipinski definition) is 2. The molecule has 122 valence electrons. The molecule has 0 unspecified atom stereocenters. The predicted molar refractivity (Wildman–Crippen MR) is 81.8 cm³/mol. The molecule has 3 N–H and O–H groups in total. The fraction of sp³-hybridized carbons (Fsp3) is 0.733. The van der Waals surface area contributed by atoms with E-state index in [4.69, 9.17) is 5.73 Å². The highest BCUT2D eigenvalue weighted by molar-refractivity contribution is 5.89. The van der Waals surface area contributed by atoms with E-state index in [2.05, 4.69) is 15.6 Å². The van der Waals surface area contributed by atoms with Crippen LogP contribution in [-0.2, 0) is 16.1 Å². The third-order valence-electron chi connectivity index (χ3n) is 4.17. The number of aromatic nitrogens is 3. The number of nitrogens with one attached hydrogen (secondary N) is 1. The molecule has 7 heteroatoms. The molecule has 0 aromatic carbocycles. The number of nitrogens with two attached hydrogens (primary N) is 1. The third-order valence-corrected chi connectivity index (χ3v) is 4.17. The van der Waals surface area contributed by atoms with Crippen LogP contribution in [0.1, 0.15) is 44.9 Å². The van der Waals surface area contributed by atoms with E-state index < -0.39 is 6.04 Å². The summed E-state index contributed by atoms with van der Waals surface area (Å²) in [5.74, 6) is 0.0484. The molecule has 7 nitrogen and oxygen atoms in total. The third kappa shape index (κ3) is 4.91. The summed E-state index contributed by atoms with van der Waals surface area (Å²) in [6.45, 7) is 0.735. The first-order chi connectivity index (χ1) is 10.7. The van der Waals surface area contributed by atoms with Crippen LogP contribution in [0, 0.1) is 5.92 Å². The molecule has 0 bridgehead atoms. The summed E-state index contributed by atoms with van der Waals surface area (Å²) >= 11 is 0. The summed E-state index contributed by atoms with van der Waals surface area (Å²) in [6.07, 6.45) is 9.55. The van der Waals surface area contributed by atoms with Crippen LogP contribution in [-0.4, -0.2) is 39.3 Å². The molecule has 1 aromatic heterocycles. The van der Waals surface area contributed by atoms with Gasteiger partial charge < -0.3 is 11.1 Å². The Hall–Kier alpha value is -1.76. The lowest BCUT2D eigenvalue weighted by atomic mass is 10.0. The van der Waals surface area contributed by atoms with Gasteiger partial charge in [-0.1, -0.05) is 18.1 Å². The van der Waals surface area contributed by atoms with E-state index >= 15 is 0 Å². The average molecular weight is 307 g/mol. The lowest BCUT2D eigenvalue weighted by Gasteiger charge is -2.20. The van der Waals surface area contributed by atoms with Crippen LogP contribution in [0.3, 0.4) is 0 Å². The summed E-state index contributed by atoms with van der Waals surface area (Å²) in [4.78, 5) is 24.7. The van der Waals surface area contributed by atoms with Crippen LogP contribution in [0.5, 0.6) is 0 Å². The fourth-order valence-corrected chi connectivity index (χ4v) is 2.87. The van der Waals surface area contributed by atoms with Crippen molar-refractivity contribution in [2.45, 2.75) is 57.5 Å².